The number of nitrogens with one attached hydrogen (secondary N) is 2. The minimum atomic E-state index is -0.360. The fourth-order valence-corrected chi connectivity index (χ4v) is 2.27. The van der Waals surface area contributed by atoms with Gasteiger partial charge in [0.2, 0.25) is 5.91 Å². The van der Waals surface area contributed by atoms with Gasteiger partial charge in [-0.3, -0.25) is 9.79 Å². The summed E-state index contributed by atoms with van der Waals surface area (Å²) in [7, 11) is 3.37. The predicted molar refractivity (Wildman–Crippen MR) is 85.4 cm³/mol. The zero-order chi connectivity index (χ0) is 16.1. The molecule has 1 aliphatic carbocycles. The van der Waals surface area contributed by atoms with Crippen LogP contribution in [0.3, 0.4) is 0 Å². The van der Waals surface area contributed by atoms with Gasteiger partial charge in [-0.2, -0.15) is 0 Å². The minimum Gasteiger partial charge on any atom is -0.352 e. The van der Waals surface area contributed by atoms with E-state index in [9.17, 15) is 9.18 Å². The van der Waals surface area contributed by atoms with Crippen LogP contribution in [0.1, 0.15) is 18.4 Å². The van der Waals surface area contributed by atoms with Gasteiger partial charge in [0, 0.05) is 37.3 Å². The van der Waals surface area contributed by atoms with Crippen molar-refractivity contribution in [2.24, 2.45) is 4.99 Å². The van der Waals surface area contributed by atoms with Gasteiger partial charge in [-0.05, 0) is 25.0 Å². The lowest BCUT2D eigenvalue weighted by molar-refractivity contribution is -0.120. The zero-order valence-corrected chi connectivity index (χ0v) is 13.5. The minimum absolute atomic E-state index is 0.0685. The fraction of sp³-hybridized carbons (Fsp3) is 0.467. The van der Waals surface area contributed by atoms with E-state index in [2.05, 4.69) is 15.6 Å². The highest BCUT2D eigenvalue weighted by Gasteiger charge is 2.23. The molecule has 22 heavy (non-hydrogen) atoms. The molecule has 1 aliphatic rings. The first-order chi connectivity index (χ1) is 10.5. The lowest BCUT2D eigenvalue weighted by atomic mass is 10.2. The van der Waals surface area contributed by atoms with Crippen molar-refractivity contribution in [3.05, 3.63) is 34.6 Å². The molecule has 0 heterocycles. The summed E-state index contributed by atoms with van der Waals surface area (Å²) in [6.07, 6.45) is 2.10. The molecular formula is C15H20ClFN4O. The molecule has 0 atom stereocenters. The van der Waals surface area contributed by atoms with Crippen molar-refractivity contribution in [1.82, 2.24) is 15.5 Å². The summed E-state index contributed by atoms with van der Waals surface area (Å²) >= 11 is 6.02. The average molecular weight is 327 g/mol. The number of nitrogens with zero attached hydrogens (tertiary/aromatic N) is 2. The molecule has 7 heteroatoms. The van der Waals surface area contributed by atoms with Gasteiger partial charge in [-0.25, -0.2) is 4.39 Å². The SMILES string of the molecule is CN=C(NCC(=O)NC1CC1)N(C)Cc1c(F)cccc1Cl. The Labute approximate surface area is 134 Å². The molecule has 0 unspecified atom stereocenters. The Balaban J connectivity index is 1.91. The highest BCUT2D eigenvalue weighted by molar-refractivity contribution is 6.31. The van der Waals surface area contributed by atoms with E-state index in [0.29, 0.717) is 22.6 Å². The molecule has 0 radical (unpaired) electrons. The Hall–Kier alpha value is -1.82. The smallest absolute Gasteiger partial charge is 0.239 e. The number of hydrogen-bond acceptors (Lipinski definition) is 2. The largest absolute Gasteiger partial charge is 0.352 e. The highest BCUT2D eigenvalue weighted by atomic mass is 35.5. The van der Waals surface area contributed by atoms with Gasteiger partial charge < -0.3 is 15.5 Å². The molecule has 0 aliphatic heterocycles. The Bertz CT molecular complexity index is 554. The van der Waals surface area contributed by atoms with Crippen molar-refractivity contribution in [2.75, 3.05) is 20.6 Å². The summed E-state index contributed by atoms with van der Waals surface area (Å²) in [6, 6.07) is 4.91. The first kappa shape index (κ1) is 16.5. The molecule has 2 rings (SSSR count). The monoisotopic (exact) mass is 326 g/mol. The van der Waals surface area contributed by atoms with Crippen LogP contribution in [0.25, 0.3) is 0 Å². The number of amides is 1. The normalized spacial score (nSPS) is 14.6. The molecule has 1 fully saturated rings. The van der Waals surface area contributed by atoms with E-state index in [0.717, 1.165) is 12.8 Å². The van der Waals surface area contributed by atoms with Gasteiger partial charge in [0.05, 0.1) is 6.54 Å². The molecule has 1 aromatic carbocycles. The van der Waals surface area contributed by atoms with E-state index in [-0.39, 0.29) is 24.8 Å². The van der Waals surface area contributed by atoms with E-state index >= 15 is 0 Å². The summed E-state index contributed by atoms with van der Waals surface area (Å²) in [6.45, 7) is 0.397. The molecule has 1 saturated carbocycles. The molecular weight excluding hydrogens is 307 g/mol. The second-order valence-corrected chi connectivity index (χ2v) is 5.71. The van der Waals surface area contributed by atoms with Gasteiger partial charge >= 0.3 is 0 Å². The van der Waals surface area contributed by atoms with Crippen molar-refractivity contribution in [3.63, 3.8) is 0 Å². The summed E-state index contributed by atoms with van der Waals surface area (Å²) in [5.41, 5.74) is 0.400. The topological polar surface area (TPSA) is 56.7 Å². The number of rotatable bonds is 5. The number of carbonyl (C=O) groups is 1. The van der Waals surface area contributed by atoms with Crippen LogP contribution >= 0.6 is 11.6 Å². The molecule has 0 saturated heterocycles. The van der Waals surface area contributed by atoms with Crippen molar-refractivity contribution in [3.8, 4) is 0 Å². The lowest BCUT2D eigenvalue weighted by Crippen LogP contribution is -2.44. The summed E-state index contributed by atoms with van der Waals surface area (Å²) in [5, 5.41) is 6.21. The zero-order valence-electron chi connectivity index (χ0n) is 12.7. The van der Waals surface area contributed by atoms with Crippen LogP contribution in [0.4, 0.5) is 4.39 Å². The maximum Gasteiger partial charge on any atom is 0.239 e. The number of halogens is 2. The van der Waals surface area contributed by atoms with Crippen molar-refractivity contribution in [1.29, 1.82) is 0 Å². The van der Waals surface area contributed by atoms with Gasteiger partial charge in [-0.15, -0.1) is 0 Å². The maximum absolute atomic E-state index is 13.8. The van der Waals surface area contributed by atoms with E-state index in [1.54, 1.807) is 31.1 Å². The first-order valence-corrected chi connectivity index (χ1v) is 7.53. The van der Waals surface area contributed by atoms with Crippen LogP contribution in [0, 0.1) is 5.82 Å². The molecule has 1 aromatic rings. The molecule has 0 aromatic heterocycles. The second kappa shape index (κ2) is 7.45. The van der Waals surface area contributed by atoms with Gasteiger partial charge in [0.15, 0.2) is 5.96 Å². The Morgan fingerprint density at radius 2 is 2.23 bits per heavy atom. The Kier molecular flexibility index (Phi) is 5.60. The Morgan fingerprint density at radius 1 is 1.50 bits per heavy atom. The Morgan fingerprint density at radius 3 is 2.82 bits per heavy atom. The molecule has 120 valence electrons. The third-order valence-electron chi connectivity index (χ3n) is 3.38. The number of guanidine groups is 1. The first-order valence-electron chi connectivity index (χ1n) is 7.15. The summed E-state index contributed by atoms with van der Waals surface area (Å²) in [4.78, 5) is 17.5. The van der Waals surface area contributed by atoms with Gasteiger partial charge in [0.25, 0.3) is 0 Å². The average Bonchev–Trinajstić information content (AvgIpc) is 3.27. The van der Waals surface area contributed by atoms with E-state index in [4.69, 9.17) is 11.6 Å². The van der Waals surface area contributed by atoms with Crippen molar-refractivity contribution >= 4 is 23.5 Å². The quantitative estimate of drug-likeness (QED) is 0.640. The third kappa shape index (κ3) is 4.59. The molecule has 0 spiro atoms. The number of hydrogen-bond donors (Lipinski definition) is 2. The van der Waals surface area contributed by atoms with Gasteiger partial charge in [-0.1, -0.05) is 17.7 Å². The highest BCUT2D eigenvalue weighted by Crippen LogP contribution is 2.20. The summed E-state index contributed by atoms with van der Waals surface area (Å²) in [5.74, 6) is 0.0764. The van der Waals surface area contributed by atoms with Crippen LogP contribution in [0.2, 0.25) is 5.02 Å². The molecule has 2 N–H and O–H groups in total. The van der Waals surface area contributed by atoms with Crippen molar-refractivity contribution in [2.45, 2.75) is 25.4 Å². The van der Waals surface area contributed by atoms with Crippen LogP contribution in [-0.4, -0.2) is 43.4 Å². The lowest BCUT2D eigenvalue weighted by Gasteiger charge is -2.22. The van der Waals surface area contributed by atoms with E-state index in [1.807, 2.05) is 0 Å². The molecule has 5 nitrogen and oxygen atoms in total. The molecule has 1 amide bonds. The third-order valence-corrected chi connectivity index (χ3v) is 3.73. The standard InChI is InChI=1S/C15H20ClFN4O/c1-18-15(19-8-14(22)20-10-6-7-10)21(2)9-11-12(16)4-3-5-13(11)17/h3-5,10H,6-9H2,1-2H3,(H,18,19)(H,20,22). The van der Waals surface area contributed by atoms with Gasteiger partial charge in [0.1, 0.15) is 5.82 Å². The number of aliphatic imine (C=N–C) groups is 1. The molecule has 0 bridgehead atoms. The summed E-state index contributed by atoms with van der Waals surface area (Å²) < 4.78 is 13.8. The van der Waals surface area contributed by atoms with Crippen molar-refractivity contribution < 1.29 is 9.18 Å². The van der Waals surface area contributed by atoms with Crippen LogP contribution in [0.5, 0.6) is 0 Å². The second-order valence-electron chi connectivity index (χ2n) is 5.30. The maximum atomic E-state index is 13.8. The van der Waals surface area contributed by atoms with Crippen LogP contribution in [-0.2, 0) is 11.3 Å². The van der Waals surface area contributed by atoms with E-state index in [1.165, 1.54) is 6.07 Å². The fourth-order valence-electron chi connectivity index (χ4n) is 2.05. The predicted octanol–water partition coefficient (Wildman–Crippen LogP) is 1.76. The number of benzene rings is 1. The van der Waals surface area contributed by atoms with E-state index < -0.39 is 0 Å². The number of carbonyl (C=O) groups excluding carboxylic acids is 1. The van der Waals surface area contributed by atoms with Crippen LogP contribution < -0.4 is 10.6 Å². The van der Waals surface area contributed by atoms with Crippen LogP contribution in [0.15, 0.2) is 23.2 Å².